The molecule has 0 saturated carbocycles. The smallest absolute Gasteiger partial charge is 0.146 e. The summed E-state index contributed by atoms with van der Waals surface area (Å²) in [5.74, 6) is 1.60. The van der Waals surface area contributed by atoms with Gasteiger partial charge in [-0.1, -0.05) is 5.16 Å². The summed E-state index contributed by atoms with van der Waals surface area (Å²) in [6.45, 7) is 6.66. The molecule has 0 atom stereocenters. The molecule has 3 rings (SSSR count). The zero-order valence-corrected chi connectivity index (χ0v) is 11.6. The van der Waals surface area contributed by atoms with Gasteiger partial charge in [-0.05, 0) is 39.0 Å². The summed E-state index contributed by atoms with van der Waals surface area (Å²) in [5.41, 5.74) is 4.21. The Kier molecular flexibility index (Phi) is 2.79. The largest absolute Gasteiger partial charge is 0.361 e. The highest BCUT2D eigenvalue weighted by molar-refractivity contribution is 5.82. The third kappa shape index (κ3) is 1.69. The van der Waals surface area contributed by atoms with Crippen molar-refractivity contribution in [2.24, 2.45) is 0 Å². The first-order valence-electron chi connectivity index (χ1n) is 6.49. The van der Waals surface area contributed by atoms with Gasteiger partial charge < -0.3 is 9.09 Å². The predicted molar refractivity (Wildman–Crippen MR) is 75.1 cm³/mol. The van der Waals surface area contributed by atoms with Crippen LogP contribution >= 0.6 is 0 Å². The maximum absolute atomic E-state index is 8.99. The highest BCUT2D eigenvalue weighted by Crippen LogP contribution is 2.29. The van der Waals surface area contributed by atoms with Gasteiger partial charge >= 0.3 is 0 Å². The highest BCUT2D eigenvalue weighted by atomic mass is 16.5. The fourth-order valence-corrected chi connectivity index (χ4v) is 2.51. The van der Waals surface area contributed by atoms with Gasteiger partial charge in [-0.3, -0.25) is 0 Å². The molecule has 100 valence electrons. The number of aryl methyl sites for hydroxylation is 3. The maximum Gasteiger partial charge on any atom is 0.146 e. The topological polar surface area (TPSA) is 67.6 Å². The first-order chi connectivity index (χ1) is 9.65. The second kappa shape index (κ2) is 4.49. The molecule has 0 amide bonds. The summed E-state index contributed by atoms with van der Waals surface area (Å²) in [6, 6.07) is 7.70. The van der Waals surface area contributed by atoms with Crippen molar-refractivity contribution in [1.82, 2.24) is 14.7 Å². The SMILES string of the molecule is CCn1c(-c2c(C)noc2C)nc2cc(C#N)ccc21. The Morgan fingerprint density at radius 3 is 2.75 bits per heavy atom. The van der Waals surface area contributed by atoms with E-state index in [1.807, 2.05) is 32.0 Å². The highest BCUT2D eigenvalue weighted by Gasteiger charge is 2.19. The average Bonchev–Trinajstić information content (AvgIpc) is 2.97. The molecule has 5 heteroatoms. The maximum atomic E-state index is 8.99. The summed E-state index contributed by atoms with van der Waals surface area (Å²) in [5, 5.41) is 13.0. The number of imidazole rings is 1. The summed E-state index contributed by atoms with van der Waals surface area (Å²) >= 11 is 0. The van der Waals surface area contributed by atoms with E-state index in [-0.39, 0.29) is 0 Å². The molecule has 2 aromatic heterocycles. The number of rotatable bonds is 2. The average molecular weight is 266 g/mol. The normalized spacial score (nSPS) is 10.9. The van der Waals surface area contributed by atoms with E-state index in [0.29, 0.717) is 5.56 Å². The van der Waals surface area contributed by atoms with Crippen molar-refractivity contribution in [2.45, 2.75) is 27.3 Å². The van der Waals surface area contributed by atoms with Crippen LogP contribution in [-0.4, -0.2) is 14.7 Å². The van der Waals surface area contributed by atoms with Crippen LogP contribution in [0.2, 0.25) is 0 Å². The zero-order valence-electron chi connectivity index (χ0n) is 11.6. The molecule has 0 radical (unpaired) electrons. The molecule has 0 aliphatic rings. The quantitative estimate of drug-likeness (QED) is 0.714. The van der Waals surface area contributed by atoms with Crippen molar-refractivity contribution >= 4 is 11.0 Å². The van der Waals surface area contributed by atoms with Gasteiger partial charge in [0.1, 0.15) is 11.6 Å². The van der Waals surface area contributed by atoms with E-state index in [1.54, 1.807) is 0 Å². The van der Waals surface area contributed by atoms with Crippen LogP contribution in [0.5, 0.6) is 0 Å². The summed E-state index contributed by atoms with van der Waals surface area (Å²) in [7, 11) is 0. The number of nitrogens with zero attached hydrogens (tertiary/aromatic N) is 4. The van der Waals surface area contributed by atoms with Crippen LogP contribution in [-0.2, 0) is 6.54 Å². The Bertz CT molecular complexity index is 816. The molecule has 2 heterocycles. The van der Waals surface area contributed by atoms with Crippen molar-refractivity contribution in [2.75, 3.05) is 0 Å². The Labute approximate surface area is 116 Å². The lowest BCUT2D eigenvalue weighted by Gasteiger charge is -2.05. The van der Waals surface area contributed by atoms with Gasteiger partial charge in [-0.2, -0.15) is 5.26 Å². The first kappa shape index (κ1) is 12.4. The molecule has 0 N–H and O–H groups in total. The lowest BCUT2D eigenvalue weighted by Crippen LogP contribution is -1.98. The van der Waals surface area contributed by atoms with Crippen LogP contribution in [0.15, 0.2) is 22.7 Å². The number of benzene rings is 1. The summed E-state index contributed by atoms with van der Waals surface area (Å²) < 4.78 is 7.35. The first-order valence-corrected chi connectivity index (χ1v) is 6.49. The van der Waals surface area contributed by atoms with Crippen LogP contribution in [0.1, 0.15) is 23.9 Å². The number of aromatic nitrogens is 3. The lowest BCUT2D eigenvalue weighted by molar-refractivity contribution is 0.393. The van der Waals surface area contributed by atoms with Gasteiger partial charge in [0.25, 0.3) is 0 Å². The van der Waals surface area contributed by atoms with E-state index in [9.17, 15) is 0 Å². The standard InChI is InChI=1S/C15H14N4O/c1-4-19-13-6-5-11(8-16)7-12(13)17-15(19)14-9(2)18-20-10(14)3/h5-7H,4H2,1-3H3. The molecule has 20 heavy (non-hydrogen) atoms. The van der Waals surface area contributed by atoms with Gasteiger partial charge in [0, 0.05) is 6.54 Å². The second-order valence-electron chi connectivity index (χ2n) is 4.69. The van der Waals surface area contributed by atoms with Crippen molar-refractivity contribution < 1.29 is 4.52 Å². The molecule has 0 unspecified atom stereocenters. The second-order valence-corrected chi connectivity index (χ2v) is 4.69. The van der Waals surface area contributed by atoms with Crippen LogP contribution in [0.25, 0.3) is 22.4 Å². The van der Waals surface area contributed by atoms with E-state index < -0.39 is 0 Å². The third-order valence-corrected chi connectivity index (χ3v) is 3.45. The van der Waals surface area contributed by atoms with Gasteiger partial charge in [0.05, 0.1) is 33.9 Å². The monoisotopic (exact) mass is 266 g/mol. The van der Waals surface area contributed by atoms with E-state index in [0.717, 1.165) is 40.4 Å². The molecule has 0 fully saturated rings. The van der Waals surface area contributed by atoms with Crippen LogP contribution < -0.4 is 0 Å². The number of fused-ring (bicyclic) bond motifs is 1. The number of nitriles is 1. The minimum absolute atomic E-state index is 0.614. The minimum atomic E-state index is 0.614. The van der Waals surface area contributed by atoms with Crippen molar-refractivity contribution in [1.29, 1.82) is 5.26 Å². The molecule has 5 nitrogen and oxygen atoms in total. The molecule has 0 bridgehead atoms. The molecule has 0 aliphatic carbocycles. The fourth-order valence-electron chi connectivity index (χ4n) is 2.51. The van der Waals surface area contributed by atoms with Crippen LogP contribution in [0, 0.1) is 25.2 Å². The molecule has 1 aromatic carbocycles. The van der Waals surface area contributed by atoms with E-state index in [2.05, 4.69) is 27.7 Å². The van der Waals surface area contributed by atoms with Gasteiger partial charge in [-0.15, -0.1) is 0 Å². The lowest BCUT2D eigenvalue weighted by atomic mass is 10.2. The number of hydrogen-bond donors (Lipinski definition) is 0. The summed E-state index contributed by atoms with van der Waals surface area (Å²) in [6.07, 6.45) is 0. The van der Waals surface area contributed by atoms with E-state index in [4.69, 9.17) is 9.78 Å². The predicted octanol–water partition coefficient (Wildman–Crippen LogP) is 3.20. The Morgan fingerprint density at radius 1 is 1.35 bits per heavy atom. The molecular formula is C15H14N4O. The van der Waals surface area contributed by atoms with E-state index in [1.165, 1.54) is 0 Å². The summed E-state index contributed by atoms with van der Waals surface area (Å²) in [4.78, 5) is 4.67. The van der Waals surface area contributed by atoms with Gasteiger partial charge in [-0.25, -0.2) is 4.98 Å². The number of hydrogen-bond acceptors (Lipinski definition) is 4. The van der Waals surface area contributed by atoms with Crippen molar-refractivity contribution in [3.63, 3.8) is 0 Å². The Morgan fingerprint density at radius 2 is 2.15 bits per heavy atom. The van der Waals surface area contributed by atoms with Crippen LogP contribution in [0.3, 0.4) is 0 Å². The Balaban J connectivity index is 2.34. The minimum Gasteiger partial charge on any atom is -0.361 e. The molecule has 3 aromatic rings. The van der Waals surface area contributed by atoms with Crippen molar-refractivity contribution in [3.8, 4) is 17.5 Å². The van der Waals surface area contributed by atoms with Crippen molar-refractivity contribution in [3.05, 3.63) is 35.2 Å². The molecule has 0 spiro atoms. The molecular weight excluding hydrogens is 252 g/mol. The van der Waals surface area contributed by atoms with Crippen LogP contribution in [0.4, 0.5) is 0 Å². The zero-order chi connectivity index (χ0) is 14.3. The van der Waals surface area contributed by atoms with Gasteiger partial charge in [0.15, 0.2) is 0 Å². The Hall–Kier alpha value is -2.61. The third-order valence-electron chi connectivity index (χ3n) is 3.45. The molecule has 0 aliphatic heterocycles. The van der Waals surface area contributed by atoms with E-state index >= 15 is 0 Å². The fraction of sp³-hybridized carbons (Fsp3) is 0.267. The van der Waals surface area contributed by atoms with Gasteiger partial charge in [0.2, 0.25) is 0 Å². The molecule has 0 saturated heterocycles.